The number of cyclic esters (lactones) is 1. The summed E-state index contributed by atoms with van der Waals surface area (Å²) in [4.78, 5) is 23.4. The Balaban J connectivity index is 2.23. The molecular formula is C10H8BrNO4. The van der Waals surface area contributed by atoms with Crippen molar-refractivity contribution in [3.8, 4) is 0 Å². The molecule has 1 saturated heterocycles. The molecule has 0 spiro atoms. The lowest BCUT2D eigenvalue weighted by atomic mass is 10.3. The Morgan fingerprint density at radius 2 is 2.31 bits per heavy atom. The van der Waals surface area contributed by atoms with Crippen LogP contribution >= 0.6 is 15.9 Å². The van der Waals surface area contributed by atoms with Crippen LogP contribution < -0.4 is 4.90 Å². The summed E-state index contributed by atoms with van der Waals surface area (Å²) < 4.78 is 5.52. The number of benzene rings is 1. The summed E-state index contributed by atoms with van der Waals surface area (Å²) in [5.74, 6) is -1.13. The van der Waals surface area contributed by atoms with Crippen molar-refractivity contribution in [2.24, 2.45) is 0 Å². The van der Waals surface area contributed by atoms with Crippen LogP contribution in [0.15, 0.2) is 28.7 Å². The first kappa shape index (κ1) is 10.9. The number of carbonyl (C=O) groups is 2. The van der Waals surface area contributed by atoms with E-state index in [0.29, 0.717) is 5.69 Å². The van der Waals surface area contributed by atoms with E-state index in [-0.39, 0.29) is 6.54 Å². The molecule has 1 N–H and O–H groups in total. The standard InChI is InChI=1S/C10H8BrNO4/c11-6-2-1-3-7(4-6)12-5-8(9(13)14)16-10(12)15/h1-4,8H,5H2,(H,13,14)/t8-/m1/s1. The fourth-order valence-corrected chi connectivity index (χ4v) is 1.83. The first-order chi connectivity index (χ1) is 7.58. The van der Waals surface area contributed by atoms with Crippen molar-refractivity contribution in [1.29, 1.82) is 0 Å². The van der Waals surface area contributed by atoms with Crippen LogP contribution in [0.1, 0.15) is 0 Å². The molecule has 5 nitrogen and oxygen atoms in total. The zero-order valence-electron chi connectivity index (χ0n) is 8.09. The molecule has 1 atom stereocenters. The second-order valence-corrected chi connectivity index (χ2v) is 4.22. The van der Waals surface area contributed by atoms with Gasteiger partial charge >= 0.3 is 12.1 Å². The number of ether oxygens (including phenoxy) is 1. The van der Waals surface area contributed by atoms with Gasteiger partial charge in [-0.3, -0.25) is 4.90 Å². The number of hydrogen-bond acceptors (Lipinski definition) is 3. The number of carboxylic acid groups (broad SMARTS) is 1. The number of hydrogen-bond donors (Lipinski definition) is 1. The van der Waals surface area contributed by atoms with Crippen LogP contribution in [0.5, 0.6) is 0 Å². The highest BCUT2D eigenvalue weighted by molar-refractivity contribution is 9.10. The zero-order chi connectivity index (χ0) is 11.7. The summed E-state index contributed by atoms with van der Waals surface area (Å²) in [5.41, 5.74) is 0.614. The molecule has 1 amide bonds. The second kappa shape index (κ2) is 4.13. The summed E-state index contributed by atoms with van der Waals surface area (Å²) >= 11 is 3.28. The molecule has 0 radical (unpaired) electrons. The lowest BCUT2D eigenvalue weighted by Gasteiger charge is -2.12. The van der Waals surface area contributed by atoms with Gasteiger partial charge in [0.25, 0.3) is 0 Å². The third-order valence-corrected chi connectivity index (χ3v) is 2.70. The third kappa shape index (κ3) is 2.01. The predicted molar refractivity (Wildman–Crippen MR) is 59.4 cm³/mol. The van der Waals surface area contributed by atoms with Gasteiger partial charge in [0.05, 0.1) is 6.54 Å². The average Bonchev–Trinajstić information content (AvgIpc) is 2.60. The van der Waals surface area contributed by atoms with Crippen LogP contribution in [-0.4, -0.2) is 29.8 Å². The van der Waals surface area contributed by atoms with Crippen LogP contribution in [0.4, 0.5) is 10.5 Å². The molecule has 0 saturated carbocycles. The average molecular weight is 286 g/mol. The molecular weight excluding hydrogens is 278 g/mol. The van der Waals surface area contributed by atoms with Crippen molar-refractivity contribution >= 4 is 33.7 Å². The lowest BCUT2D eigenvalue weighted by molar-refractivity contribution is -0.144. The number of amides is 1. The van der Waals surface area contributed by atoms with Crippen molar-refractivity contribution in [2.75, 3.05) is 11.4 Å². The van der Waals surface area contributed by atoms with E-state index in [0.717, 1.165) is 4.47 Å². The second-order valence-electron chi connectivity index (χ2n) is 3.30. The van der Waals surface area contributed by atoms with Crippen LogP contribution in [0.25, 0.3) is 0 Å². The van der Waals surface area contributed by atoms with Gasteiger partial charge in [-0.25, -0.2) is 9.59 Å². The number of anilines is 1. The van der Waals surface area contributed by atoms with E-state index in [1.165, 1.54) is 4.90 Å². The van der Waals surface area contributed by atoms with E-state index in [4.69, 9.17) is 9.84 Å². The maximum absolute atomic E-state index is 11.4. The molecule has 1 fully saturated rings. The molecule has 0 aromatic heterocycles. The maximum Gasteiger partial charge on any atom is 0.415 e. The van der Waals surface area contributed by atoms with E-state index in [1.54, 1.807) is 18.2 Å². The van der Waals surface area contributed by atoms with Crippen molar-refractivity contribution in [2.45, 2.75) is 6.10 Å². The van der Waals surface area contributed by atoms with E-state index < -0.39 is 18.2 Å². The van der Waals surface area contributed by atoms with Gasteiger partial charge in [0.1, 0.15) is 0 Å². The summed E-state index contributed by atoms with van der Waals surface area (Å²) in [5, 5.41) is 8.74. The maximum atomic E-state index is 11.4. The number of aliphatic carboxylic acids is 1. The monoisotopic (exact) mass is 285 g/mol. The highest BCUT2D eigenvalue weighted by Gasteiger charge is 2.36. The van der Waals surface area contributed by atoms with Crippen molar-refractivity contribution in [3.63, 3.8) is 0 Å². The van der Waals surface area contributed by atoms with E-state index in [9.17, 15) is 9.59 Å². The van der Waals surface area contributed by atoms with Crippen LogP contribution in [0, 0.1) is 0 Å². The molecule has 0 unspecified atom stereocenters. The highest BCUT2D eigenvalue weighted by Crippen LogP contribution is 2.24. The normalized spacial score (nSPS) is 19.7. The number of rotatable bonds is 2. The van der Waals surface area contributed by atoms with Crippen molar-refractivity contribution < 1.29 is 19.4 Å². The molecule has 1 aliphatic rings. The van der Waals surface area contributed by atoms with Gasteiger partial charge in [0.2, 0.25) is 6.10 Å². The Morgan fingerprint density at radius 3 is 2.88 bits per heavy atom. The Labute approximate surface area is 99.7 Å². The fourth-order valence-electron chi connectivity index (χ4n) is 1.45. The van der Waals surface area contributed by atoms with Gasteiger partial charge in [-0.15, -0.1) is 0 Å². The first-order valence-electron chi connectivity index (χ1n) is 4.54. The number of nitrogens with zero attached hydrogens (tertiary/aromatic N) is 1. The Kier molecular flexibility index (Phi) is 2.82. The van der Waals surface area contributed by atoms with Crippen LogP contribution in [0.3, 0.4) is 0 Å². The first-order valence-corrected chi connectivity index (χ1v) is 5.34. The van der Waals surface area contributed by atoms with Crippen molar-refractivity contribution in [1.82, 2.24) is 0 Å². The molecule has 1 aromatic carbocycles. The minimum Gasteiger partial charge on any atom is -0.478 e. The van der Waals surface area contributed by atoms with Gasteiger partial charge in [-0.05, 0) is 18.2 Å². The number of carboxylic acids is 1. The van der Waals surface area contributed by atoms with Gasteiger partial charge in [-0.1, -0.05) is 22.0 Å². The Morgan fingerprint density at radius 1 is 1.56 bits per heavy atom. The molecule has 1 heterocycles. The fraction of sp³-hybridized carbons (Fsp3) is 0.200. The van der Waals surface area contributed by atoms with E-state index in [2.05, 4.69) is 15.9 Å². The minimum atomic E-state index is -1.13. The Bertz CT molecular complexity index is 448. The quantitative estimate of drug-likeness (QED) is 0.901. The summed E-state index contributed by atoms with van der Waals surface area (Å²) in [6.45, 7) is 0.0324. The molecule has 0 aliphatic carbocycles. The lowest BCUT2D eigenvalue weighted by Crippen LogP contribution is -2.27. The molecule has 16 heavy (non-hydrogen) atoms. The number of carbonyl (C=O) groups excluding carboxylic acids is 1. The number of halogens is 1. The minimum absolute atomic E-state index is 0.0324. The largest absolute Gasteiger partial charge is 0.478 e. The topological polar surface area (TPSA) is 66.8 Å². The summed E-state index contributed by atoms with van der Waals surface area (Å²) in [6, 6.07) is 7.03. The summed E-state index contributed by atoms with van der Waals surface area (Å²) in [6.07, 6.45) is -1.73. The molecule has 84 valence electrons. The van der Waals surface area contributed by atoms with Crippen molar-refractivity contribution in [3.05, 3.63) is 28.7 Å². The van der Waals surface area contributed by atoms with Gasteiger partial charge in [-0.2, -0.15) is 0 Å². The SMILES string of the molecule is O=C(O)[C@H]1CN(c2cccc(Br)c2)C(=O)O1. The molecule has 2 rings (SSSR count). The van der Waals surface area contributed by atoms with Gasteiger partial charge in [0, 0.05) is 10.2 Å². The molecule has 1 aliphatic heterocycles. The smallest absolute Gasteiger partial charge is 0.415 e. The molecule has 1 aromatic rings. The predicted octanol–water partition coefficient (Wildman–Crippen LogP) is 1.86. The molecule has 0 bridgehead atoms. The van der Waals surface area contributed by atoms with E-state index >= 15 is 0 Å². The third-order valence-electron chi connectivity index (χ3n) is 2.21. The molecule has 6 heteroatoms. The van der Waals surface area contributed by atoms with Crippen LogP contribution in [0.2, 0.25) is 0 Å². The summed E-state index contributed by atoms with van der Waals surface area (Å²) in [7, 11) is 0. The zero-order valence-corrected chi connectivity index (χ0v) is 9.68. The van der Waals surface area contributed by atoms with Crippen LogP contribution in [-0.2, 0) is 9.53 Å². The highest BCUT2D eigenvalue weighted by atomic mass is 79.9. The van der Waals surface area contributed by atoms with Gasteiger partial charge < -0.3 is 9.84 Å². The Hall–Kier alpha value is -1.56. The van der Waals surface area contributed by atoms with E-state index in [1.807, 2.05) is 6.07 Å². The van der Waals surface area contributed by atoms with Gasteiger partial charge in [0.15, 0.2) is 0 Å².